The molecule has 0 saturated heterocycles. The summed E-state index contributed by atoms with van der Waals surface area (Å²) in [6, 6.07) is 1.55. The largest absolute Gasteiger partial charge is 0.264 e. The van der Waals surface area contributed by atoms with Crippen molar-refractivity contribution in [2.24, 2.45) is 0 Å². The van der Waals surface area contributed by atoms with E-state index in [-0.39, 0.29) is 0 Å². The van der Waals surface area contributed by atoms with Gasteiger partial charge in [0, 0.05) is 25.0 Å². The van der Waals surface area contributed by atoms with Crippen molar-refractivity contribution >= 4 is 10.0 Å². The zero-order chi connectivity index (χ0) is 10.6. The number of nitrogens with zero attached hydrogens (tertiary/aromatic N) is 2. The van der Waals surface area contributed by atoms with E-state index in [1.165, 1.54) is 10.5 Å². The van der Waals surface area contributed by atoms with E-state index in [9.17, 15) is 8.42 Å². The molecule has 0 bridgehead atoms. The fourth-order valence-corrected chi connectivity index (χ4v) is 3.49. The van der Waals surface area contributed by atoms with Crippen molar-refractivity contribution in [2.45, 2.75) is 24.3 Å². The molecule has 0 aliphatic carbocycles. The monoisotopic (exact) mass is 212 g/mol. The van der Waals surface area contributed by atoms with Crippen LogP contribution in [0.5, 0.6) is 0 Å². The normalized spacial score (nSPS) is 23.4. The highest BCUT2D eigenvalue weighted by atomic mass is 32.2. The molecule has 5 heteroatoms. The maximum Gasteiger partial charge on any atom is 0.244 e. The second kappa shape index (κ2) is 2.55. The summed E-state index contributed by atoms with van der Waals surface area (Å²) in [5.41, 5.74) is 0.269. The fraction of sp³-hybridized carbons (Fsp3) is 0.444. The molecule has 0 radical (unpaired) electrons. The van der Waals surface area contributed by atoms with Crippen LogP contribution in [0, 0.1) is 0 Å². The molecule has 1 aliphatic rings. The lowest BCUT2D eigenvalue weighted by atomic mass is 9.97. The quantitative estimate of drug-likeness (QED) is 0.643. The number of rotatable bonds is 0. The summed E-state index contributed by atoms with van der Waals surface area (Å²) >= 11 is 0. The van der Waals surface area contributed by atoms with Gasteiger partial charge in [-0.25, -0.2) is 8.42 Å². The van der Waals surface area contributed by atoms with Gasteiger partial charge >= 0.3 is 0 Å². The number of aromatic nitrogens is 1. The summed E-state index contributed by atoms with van der Waals surface area (Å²) in [5.74, 6) is 0. The molecule has 2 rings (SSSR count). The van der Waals surface area contributed by atoms with Crippen molar-refractivity contribution in [3.05, 3.63) is 24.0 Å². The molecule has 14 heavy (non-hydrogen) atoms. The zero-order valence-electron chi connectivity index (χ0n) is 8.35. The van der Waals surface area contributed by atoms with Gasteiger partial charge in [0.15, 0.2) is 0 Å². The first kappa shape index (κ1) is 9.61. The number of sulfonamides is 1. The van der Waals surface area contributed by atoms with Gasteiger partial charge in [-0.05, 0) is 19.9 Å². The maximum atomic E-state index is 11.9. The summed E-state index contributed by atoms with van der Waals surface area (Å²) in [4.78, 5) is 4.34. The Hall–Kier alpha value is -0.940. The first-order valence-electron chi connectivity index (χ1n) is 4.32. The van der Waals surface area contributed by atoms with Crippen LogP contribution >= 0.6 is 0 Å². The van der Waals surface area contributed by atoms with Gasteiger partial charge in [0.1, 0.15) is 0 Å². The lowest BCUT2D eigenvalue weighted by Gasteiger charge is -2.25. The van der Waals surface area contributed by atoms with E-state index >= 15 is 0 Å². The molecule has 0 atom stereocenters. The Bertz CT molecular complexity index is 479. The van der Waals surface area contributed by atoms with E-state index < -0.39 is 15.6 Å². The van der Waals surface area contributed by atoms with Crippen LogP contribution in [-0.2, 0) is 15.6 Å². The molecule has 0 spiro atoms. The Morgan fingerprint density at radius 3 is 2.64 bits per heavy atom. The number of hydrogen-bond acceptors (Lipinski definition) is 3. The van der Waals surface area contributed by atoms with Crippen molar-refractivity contribution in [2.75, 3.05) is 7.05 Å². The van der Waals surface area contributed by atoms with Gasteiger partial charge in [-0.1, -0.05) is 0 Å². The minimum atomic E-state index is -3.30. The lowest BCUT2D eigenvalue weighted by Crippen LogP contribution is -2.35. The van der Waals surface area contributed by atoms with Crippen molar-refractivity contribution in [3.8, 4) is 0 Å². The maximum absolute atomic E-state index is 11.9. The van der Waals surface area contributed by atoms with Gasteiger partial charge in [0.25, 0.3) is 0 Å². The molecule has 1 aromatic heterocycles. The van der Waals surface area contributed by atoms with Crippen LogP contribution in [-0.4, -0.2) is 24.8 Å². The van der Waals surface area contributed by atoms with Crippen LogP contribution in [0.4, 0.5) is 0 Å². The molecule has 0 unspecified atom stereocenters. The molecular formula is C9H12N2O2S. The second-order valence-corrected chi connectivity index (χ2v) is 5.84. The van der Waals surface area contributed by atoms with E-state index in [1.54, 1.807) is 19.3 Å². The number of fused-ring (bicyclic) bond motifs is 1. The van der Waals surface area contributed by atoms with Crippen LogP contribution in [0.3, 0.4) is 0 Å². The Morgan fingerprint density at radius 2 is 2.07 bits per heavy atom. The second-order valence-electron chi connectivity index (χ2n) is 3.90. The number of pyridine rings is 1. The van der Waals surface area contributed by atoms with Crippen LogP contribution in [0.1, 0.15) is 19.4 Å². The average Bonchev–Trinajstić information content (AvgIpc) is 2.28. The van der Waals surface area contributed by atoms with Gasteiger partial charge in [0.2, 0.25) is 10.0 Å². The summed E-state index contributed by atoms with van der Waals surface area (Å²) < 4.78 is 25.2. The minimum Gasteiger partial charge on any atom is -0.264 e. The van der Waals surface area contributed by atoms with Crippen molar-refractivity contribution in [3.63, 3.8) is 0 Å². The van der Waals surface area contributed by atoms with Crippen LogP contribution in [0.15, 0.2) is 23.4 Å². The van der Waals surface area contributed by atoms with E-state index in [0.717, 1.165) is 5.56 Å². The molecule has 1 aliphatic heterocycles. The van der Waals surface area contributed by atoms with Gasteiger partial charge in [0.05, 0.1) is 10.4 Å². The Balaban J connectivity index is 2.83. The third-order valence-corrected chi connectivity index (χ3v) is 4.96. The molecular weight excluding hydrogens is 200 g/mol. The Morgan fingerprint density at radius 1 is 1.43 bits per heavy atom. The Kier molecular flexibility index (Phi) is 1.75. The molecule has 0 fully saturated rings. The van der Waals surface area contributed by atoms with Gasteiger partial charge in [-0.3, -0.25) is 4.98 Å². The van der Waals surface area contributed by atoms with Gasteiger partial charge in [-0.15, -0.1) is 0 Å². The van der Waals surface area contributed by atoms with E-state index in [4.69, 9.17) is 0 Å². The SMILES string of the molecule is CN1C(C)(C)c2cnccc2S1(=O)=O. The van der Waals surface area contributed by atoms with Gasteiger partial charge < -0.3 is 0 Å². The first-order valence-corrected chi connectivity index (χ1v) is 5.76. The molecule has 0 saturated carbocycles. The lowest BCUT2D eigenvalue weighted by molar-refractivity contribution is 0.286. The third-order valence-electron chi connectivity index (χ3n) is 2.87. The van der Waals surface area contributed by atoms with Crippen molar-refractivity contribution in [1.29, 1.82) is 0 Å². The summed E-state index contributed by atoms with van der Waals surface area (Å²) in [6.45, 7) is 3.75. The predicted octanol–water partition coefficient (Wildman–Crippen LogP) is 0.951. The van der Waals surface area contributed by atoms with Crippen molar-refractivity contribution < 1.29 is 8.42 Å². The highest BCUT2D eigenvalue weighted by Crippen LogP contribution is 2.41. The predicted molar refractivity (Wildman–Crippen MR) is 52.2 cm³/mol. The topological polar surface area (TPSA) is 50.3 Å². The van der Waals surface area contributed by atoms with Gasteiger partial charge in [-0.2, -0.15) is 4.31 Å². The zero-order valence-corrected chi connectivity index (χ0v) is 9.17. The molecule has 76 valence electrons. The van der Waals surface area contributed by atoms with Crippen LogP contribution in [0.2, 0.25) is 0 Å². The molecule has 2 heterocycles. The highest BCUT2D eigenvalue weighted by Gasteiger charge is 2.45. The van der Waals surface area contributed by atoms with Crippen LogP contribution in [0.25, 0.3) is 0 Å². The molecule has 0 aromatic carbocycles. The smallest absolute Gasteiger partial charge is 0.244 e. The summed E-state index contributed by atoms with van der Waals surface area (Å²) in [5, 5.41) is 0. The first-order chi connectivity index (χ1) is 6.38. The third kappa shape index (κ3) is 0.965. The fourth-order valence-electron chi connectivity index (χ4n) is 1.68. The van der Waals surface area contributed by atoms with Crippen molar-refractivity contribution in [1.82, 2.24) is 9.29 Å². The summed E-state index contributed by atoms with van der Waals surface area (Å²) in [7, 11) is -1.71. The van der Waals surface area contributed by atoms with Crippen LogP contribution < -0.4 is 0 Å². The molecule has 0 N–H and O–H groups in total. The highest BCUT2D eigenvalue weighted by molar-refractivity contribution is 7.89. The Labute approximate surface area is 83.6 Å². The molecule has 0 amide bonds. The molecule has 4 nitrogen and oxygen atoms in total. The van der Waals surface area contributed by atoms with E-state index in [0.29, 0.717) is 4.90 Å². The summed E-state index contributed by atoms with van der Waals surface area (Å²) in [6.07, 6.45) is 3.13. The number of hydrogen-bond donors (Lipinski definition) is 0. The standard InChI is InChI=1S/C9H12N2O2S/c1-9(2)7-6-10-5-4-8(7)14(12,13)11(9)3/h4-6H,1-3H3. The van der Waals surface area contributed by atoms with E-state index in [1.807, 2.05) is 13.8 Å². The molecule has 1 aromatic rings. The van der Waals surface area contributed by atoms with E-state index in [2.05, 4.69) is 4.98 Å². The average molecular weight is 212 g/mol. The minimum absolute atomic E-state index is 0.375.